The fourth-order valence-corrected chi connectivity index (χ4v) is 1.87. The van der Waals surface area contributed by atoms with E-state index in [1.54, 1.807) is 0 Å². The molecule has 1 heterocycles. The van der Waals surface area contributed by atoms with Gasteiger partial charge in [0.05, 0.1) is 25.2 Å². The highest BCUT2D eigenvalue weighted by Gasteiger charge is 2.30. The number of nitrogens with one attached hydrogen (secondary N) is 1. The second kappa shape index (κ2) is 6.58. The van der Waals surface area contributed by atoms with Crippen LogP contribution in [0.5, 0.6) is 0 Å². The number of nitrogens with zero attached hydrogens (tertiary/aromatic N) is 2. The number of carbonyl (C=O) groups is 1. The molecule has 0 aromatic carbocycles. The van der Waals surface area contributed by atoms with Gasteiger partial charge < -0.3 is 10.1 Å². The standard InChI is InChI=1S/C12H21N3O2/c1-9(2)14-12(16)11-8-17-5-4-15(11)7-10(3)6-13/h9-11H,4-5,7-8H2,1-3H3,(H,14,16). The molecule has 0 aliphatic carbocycles. The molecule has 0 aromatic rings. The van der Waals surface area contributed by atoms with E-state index in [1.165, 1.54) is 0 Å². The Morgan fingerprint density at radius 1 is 1.59 bits per heavy atom. The molecular formula is C12H21N3O2. The number of hydrogen-bond donors (Lipinski definition) is 1. The molecule has 1 amide bonds. The number of hydrogen-bond acceptors (Lipinski definition) is 4. The molecule has 5 nitrogen and oxygen atoms in total. The fourth-order valence-electron chi connectivity index (χ4n) is 1.87. The maximum Gasteiger partial charge on any atom is 0.239 e. The number of morpholine rings is 1. The topological polar surface area (TPSA) is 65.4 Å². The number of nitriles is 1. The molecule has 1 saturated heterocycles. The lowest BCUT2D eigenvalue weighted by atomic mass is 10.1. The summed E-state index contributed by atoms with van der Waals surface area (Å²) in [5.41, 5.74) is 0. The van der Waals surface area contributed by atoms with Crippen molar-refractivity contribution in [3.8, 4) is 6.07 Å². The first kappa shape index (κ1) is 13.9. The summed E-state index contributed by atoms with van der Waals surface area (Å²) in [6, 6.07) is 2.06. The largest absolute Gasteiger partial charge is 0.378 e. The van der Waals surface area contributed by atoms with Gasteiger partial charge in [-0.2, -0.15) is 5.26 Å². The number of carbonyl (C=O) groups excluding carboxylic acids is 1. The van der Waals surface area contributed by atoms with E-state index in [2.05, 4.69) is 11.4 Å². The van der Waals surface area contributed by atoms with Crippen LogP contribution in [-0.4, -0.2) is 49.2 Å². The Balaban J connectivity index is 2.59. The van der Waals surface area contributed by atoms with E-state index in [4.69, 9.17) is 10.00 Å². The highest BCUT2D eigenvalue weighted by Crippen LogP contribution is 2.10. The Bertz CT molecular complexity index is 299. The summed E-state index contributed by atoms with van der Waals surface area (Å²) in [4.78, 5) is 14.0. The van der Waals surface area contributed by atoms with Crippen LogP contribution in [0.2, 0.25) is 0 Å². The highest BCUT2D eigenvalue weighted by atomic mass is 16.5. The summed E-state index contributed by atoms with van der Waals surface area (Å²) in [5, 5.41) is 11.7. The van der Waals surface area contributed by atoms with Crippen molar-refractivity contribution in [2.45, 2.75) is 32.9 Å². The lowest BCUT2D eigenvalue weighted by Crippen LogP contribution is -2.55. The molecule has 17 heavy (non-hydrogen) atoms. The van der Waals surface area contributed by atoms with E-state index < -0.39 is 0 Å². The molecule has 1 N–H and O–H groups in total. The van der Waals surface area contributed by atoms with Gasteiger partial charge in [-0.25, -0.2) is 0 Å². The molecular weight excluding hydrogens is 218 g/mol. The monoisotopic (exact) mass is 239 g/mol. The molecule has 2 atom stereocenters. The highest BCUT2D eigenvalue weighted by molar-refractivity contribution is 5.82. The van der Waals surface area contributed by atoms with Crippen LogP contribution in [0.1, 0.15) is 20.8 Å². The zero-order valence-electron chi connectivity index (χ0n) is 10.8. The summed E-state index contributed by atoms with van der Waals surface area (Å²) in [6.45, 7) is 8.11. The lowest BCUT2D eigenvalue weighted by molar-refractivity contribution is -0.133. The van der Waals surface area contributed by atoms with Gasteiger partial charge in [0.2, 0.25) is 5.91 Å². The Morgan fingerprint density at radius 3 is 2.88 bits per heavy atom. The summed E-state index contributed by atoms with van der Waals surface area (Å²) in [5.74, 6) is -0.0766. The van der Waals surface area contributed by atoms with Gasteiger partial charge in [0.15, 0.2) is 0 Å². The van der Waals surface area contributed by atoms with E-state index in [0.717, 1.165) is 0 Å². The lowest BCUT2D eigenvalue weighted by Gasteiger charge is -2.35. The van der Waals surface area contributed by atoms with Crippen LogP contribution in [-0.2, 0) is 9.53 Å². The first-order chi connectivity index (χ1) is 8.04. The van der Waals surface area contributed by atoms with Crippen LogP contribution < -0.4 is 5.32 Å². The molecule has 0 bridgehead atoms. The normalized spacial score (nSPS) is 23.1. The van der Waals surface area contributed by atoms with Crippen molar-refractivity contribution in [2.75, 3.05) is 26.3 Å². The third kappa shape index (κ3) is 4.33. The second-order valence-corrected chi connectivity index (χ2v) is 4.78. The molecule has 96 valence electrons. The Kier molecular flexibility index (Phi) is 5.39. The van der Waals surface area contributed by atoms with Gasteiger partial charge in [-0.05, 0) is 20.8 Å². The molecule has 2 unspecified atom stereocenters. The number of amides is 1. The first-order valence-electron chi connectivity index (χ1n) is 6.06. The SMILES string of the molecule is CC(C#N)CN1CCOCC1C(=O)NC(C)C. The van der Waals surface area contributed by atoms with Gasteiger partial charge in [0, 0.05) is 19.1 Å². The third-order valence-corrected chi connectivity index (χ3v) is 2.70. The van der Waals surface area contributed by atoms with Crippen LogP contribution in [0.4, 0.5) is 0 Å². The van der Waals surface area contributed by atoms with Crippen molar-refractivity contribution in [1.29, 1.82) is 5.26 Å². The quantitative estimate of drug-likeness (QED) is 0.770. The van der Waals surface area contributed by atoms with Crippen LogP contribution in [0.25, 0.3) is 0 Å². The molecule has 0 saturated carbocycles. The second-order valence-electron chi connectivity index (χ2n) is 4.78. The van der Waals surface area contributed by atoms with Gasteiger partial charge in [-0.15, -0.1) is 0 Å². The number of ether oxygens (including phenoxy) is 1. The summed E-state index contributed by atoms with van der Waals surface area (Å²) in [6.07, 6.45) is 0. The predicted molar refractivity (Wildman–Crippen MR) is 64.2 cm³/mol. The fraction of sp³-hybridized carbons (Fsp3) is 0.833. The van der Waals surface area contributed by atoms with E-state index in [0.29, 0.717) is 26.3 Å². The van der Waals surface area contributed by atoms with Crippen molar-refractivity contribution < 1.29 is 9.53 Å². The molecule has 0 aromatic heterocycles. The maximum atomic E-state index is 12.0. The van der Waals surface area contributed by atoms with Gasteiger partial charge in [-0.3, -0.25) is 9.69 Å². The molecule has 5 heteroatoms. The molecule has 0 radical (unpaired) electrons. The first-order valence-corrected chi connectivity index (χ1v) is 6.06. The zero-order chi connectivity index (χ0) is 12.8. The van der Waals surface area contributed by atoms with Gasteiger partial charge >= 0.3 is 0 Å². The summed E-state index contributed by atoms with van der Waals surface area (Å²) in [7, 11) is 0. The van der Waals surface area contributed by atoms with E-state index in [1.807, 2.05) is 25.7 Å². The van der Waals surface area contributed by atoms with Gasteiger partial charge in [-0.1, -0.05) is 0 Å². The van der Waals surface area contributed by atoms with Crippen molar-refractivity contribution in [3.63, 3.8) is 0 Å². The average Bonchev–Trinajstić information content (AvgIpc) is 2.28. The summed E-state index contributed by atoms with van der Waals surface area (Å²) < 4.78 is 5.34. The summed E-state index contributed by atoms with van der Waals surface area (Å²) >= 11 is 0. The average molecular weight is 239 g/mol. The van der Waals surface area contributed by atoms with Crippen LogP contribution in [0.15, 0.2) is 0 Å². The van der Waals surface area contributed by atoms with Crippen molar-refractivity contribution in [3.05, 3.63) is 0 Å². The molecule has 1 aliphatic heterocycles. The van der Waals surface area contributed by atoms with E-state index in [-0.39, 0.29) is 23.9 Å². The Labute approximate surface area is 103 Å². The van der Waals surface area contributed by atoms with Crippen molar-refractivity contribution >= 4 is 5.91 Å². The van der Waals surface area contributed by atoms with E-state index in [9.17, 15) is 4.79 Å². The van der Waals surface area contributed by atoms with Gasteiger partial charge in [0.25, 0.3) is 0 Å². The van der Waals surface area contributed by atoms with Crippen LogP contribution in [0, 0.1) is 17.2 Å². The Morgan fingerprint density at radius 2 is 2.29 bits per heavy atom. The minimum atomic E-state index is -0.262. The Hall–Kier alpha value is -1.12. The van der Waals surface area contributed by atoms with Crippen LogP contribution in [0.3, 0.4) is 0 Å². The third-order valence-electron chi connectivity index (χ3n) is 2.70. The molecule has 1 aliphatic rings. The molecule has 1 fully saturated rings. The van der Waals surface area contributed by atoms with Crippen molar-refractivity contribution in [2.24, 2.45) is 5.92 Å². The van der Waals surface area contributed by atoms with Crippen molar-refractivity contribution in [1.82, 2.24) is 10.2 Å². The molecule has 0 spiro atoms. The van der Waals surface area contributed by atoms with Gasteiger partial charge in [0.1, 0.15) is 6.04 Å². The molecule has 1 rings (SSSR count). The number of rotatable bonds is 4. The smallest absolute Gasteiger partial charge is 0.239 e. The maximum absolute atomic E-state index is 12.0. The minimum absolute atomic E-state index is 0.00941. The van der Waals surface area contributed by atoms with Crippen LogP contribution >= 0.6 is 0 Å². The minimum Gasteiger partial charge on any atom is -0.378 e. The van der Waals surface area contributed by atoms with E-state index >= 15 is 0 Å². The predicted octanol–water partition coefficient (Wildman–Crippen LogP) is 0.371. The zero-order valence-corrected chi connectivity index (χ0v) is 10.8.